The number of aromatic amines is 2. The number of fused-ring (bicyclic) bond motifs is 2. The van der Waals surface area contributed by atoms with Gasteiger partial charge in [-0.1, -0.05) is 6.07 Å². The van der Waals surface area contributed by atoms with Crippen molar-refractivity contribution < 1.29 is 4.92 Å². The molecule has 0 atom stereocenters. The lowest BCUT2D eigenvalue weighted by molar-refractivity contribution is -0.384. The quantitative estimate of drug-likeness (QED) is 0.550. The molecule has 4 rings (SSSR count). The minimum Gasteiger partial charge on any atom is -0.363 e. The van der Waals surface area contributed by atoms with Crippen LogP contribution in [0.15, 0.2) is 46.0 Å². The van der Waals surface area contributed by atoms with Gasteiger partial charge in [0.25, 0.3) is 16.8 Å². The molecule has 0 saturated heterocycles. The summed E-state index contributed by atoms with van der Waals surface area (Å²) in [5, 5.41) is 16.1. The zero-order chi connectivity index (χ0) is 16.8. The lowest BCUT2D eigenvalue weighted by Gasteiger charge is -2.17. The van der Waals surface area contributed by atoms with Crippen molar-refractivity contribution in [2.45, 2.75) is 13.1 Å². The topological polar surface area (TPSA) is 112 Å². The number of hydrogen-bond donors (Lipinski definition) is 2. The van der Waals surface area contributed by atoms with Gasteiger partial charge in [-0.2, -0.15) is 0 Å². The van der Waals surface area contributed by atoms with Gasteiger partial charge < -0.3 is 4.90 Å². The number of nitrogens with one attached hydrogen (secondary N) is 2. The zero-order valence-corrected chi connectivity index (χ0v) is 12.4. The number of rotatable bonds is 2. The summed E-state index contributed by atoms with van der Waals surface area (Å²) in [6, 6.07) is 9.89. The molecule has 8 nitrogen and oxygen atoms in total. The predicted molar refractivity (Wildman–Crippen MR) is 88.2 cm³/mol. The highest BCUT2D eigenvalue weighted by molar-refractivity contribution is 5.84. The second kappa shape index (κ2) is 5.05. The van der Waals surface area contributed by atoms with E-state index in [1.54, 1.807) is 30.3 Å². The molecular weight excluding hydrogens is 312 g/mol. The third-order valence-electron chi connectivity index (χ3n) is 4.27. The van der Waals surface area contributed by atoms with E-state index in [9.17, 15) is 19.7 Å². The Morgan fingerprint density at radius 1 is 0.917 bits per heavy atom. The summed E-state index contributed by atoms with van der Waals surface area (Å²) >= 11 is 0. The summed E-state index contributed by atoms with van der Waals surface area (Å²) in [6.07, 6.45) is 0. The van der Waals surface area contributed by atoms with Crippen LogP contribution in [0.1, 0.15) is 11.1 Å². The lowest BCUT2D eigenvalue weighted by atomic mass is 10.1. The second-order valence-corrected chi connectivity index (χ2v) is 5.70. The molecular formula is C16H12N4O4. The molecule has 0 spiro atoms. The van der Waals surface area contributed by atoms with Crippen LogP contribution < -0.4 is 16.0 Å². The van der Waals surface area contributed by atoms with Gasteiger partial charge in [-0.25, -0.2) is 0 Å². The van der Waals surface area contributed by atoms with Crippen LogP contribution in [0.4, 0.5) is 11.4 Å². The molecule has 0 aliphatic carbocycles. The molecule has 8 heteroatoms. The predicted octanol–water partition coefficient (Wildman–Crippen LogP) is 1.64. The molecule has 0 unspecified atom stereocenters. The van der Waals surface area contributed by atoms with E-state index >= 15 is 0 Å². The number of benzene rings is 2. The third-order valence-corrected chi connectivity index (χ3v) is 4.27. The first-order chi connectivity index (χ1) is 11.5. The Labute approximate surface area is 134 Å². The van der Waals surface area contributed by atoms with Gasteiger partial charge in [0.15, 0.2) is 0 Å². The van der Waals surface area contributed by atoms with Crippen molar-refractivity contribution in [3.05, 3.63) is 78.3 Å². The van der Waals surface area contributed by atoms with E-state index in [2.05, 4.69) is 10.2 Å². The zero-order valence-electron chi connectivity index (χ0n) is 12.4. The second-order valence-electron chi connectivity index (χ2n) is 5.70. The summed E-state index contributed by atoms with van der Waals surface area (Å²) in [5.74, 6) is 0. The Morgan fingerprint density at radius 2 is 1.62 bits per heavy atom. The van der Waals surface area contributed by atoms with Crippen molar-refractivity contribution in [2.75, 3.05) is 4.90 Å². The number of non-ortho nitro benzene ring substituents is 1. The molecule has 0 bridgehead atoms. The monoisotopic (exact) mass is 324 g/mol. The molecule has 1 aliphatic heterocycles. The van der Waals surface area contributed by atoms with Gasteiger partial charge in [-0.3, -0.25) is 29.9 Å². The van der Waals surface area contributed by atoms with Gasteiger partial charge >= 0.3 is 0 Å². The van der Waals surface area contributed by atoms with Gasteiger partial charge in [0.2, 0.25) is 0 Å². The molecule has 2 heterocycles. The highest BCUT2D eigenvalue weighted by atomic mass is 16.6. The Hall–Kier alpha value is -3.42. The first-order valence-electron chi connectivity index (χ1n) is 7.29. The van der Waals surface area contributed by atoms with Gasteiger partial charge in [0.1, 0.15) is 0 Å². The van der Waals surface area contributed by atoms with E-state index in [1.807, 2.05) is 4.90 Å². The standard InChI is InChI=1S/C16H12N4O4/c21-15-13-4-3-11(6-14(13)16(22)18-17-15)19-7-9-1-2-12(20(23)24)5-10(9)8-19/h1-6H,7-8H2,(H,17,21)(H,18,22). The van der Waals surface area contributed by atoms with Crippen LogP contribution in [0.25, 0.3) is 10.8 Å². The number of nitrogens with zero attached hydrogens (tertiary/aromatic N) is 2. The van der Waals surface area contributed by atoms with Crippen LogP contribution in [0.5, 0.6) is 0 Å². The van der Waals surface area contributed by atoms with E-state index in [4.69, 9.17) is 0 Å². The smallest absolute Gasteiger partial charge is 0.270 e. The number of aromatic nitrogens is 2. The van der Waals surface area contributed by atoms with Crippen molar-refractivity contribution in [1.82, 2.24) is 10.2 Å². The van der Waals surface area contributed by atoms with Crippen molar-refractivity contribution >= 4 is 22.1 Å². The minimum atomic E-state index is -0.412. The molecule has 0 saturated carbocycles. The summed E-state index contributed by atoms with van der Waals surface area (Å²) in [4.78, 5) is 36.1. The molecule has 2 N–H and O–H groups in total. The summed E-state index contributed by atoms with van der Waals surface area (Å²) in [6.45, 7) is 1.11. The number of hydrogen-bond acceptors (Lipinski definition) is 5. The Bertz CT molecular complexity index is 1100. The van der Waals surface area contributed by atoms with Gasteiger partial charge in [0, 0.05) is 30.9 Å². The van der Waals surface area contributed by atoms with Crippen LogP contribution in [0.2, 0.25) is 0 Å². The van der Waals surface area contributed by atoms with Gasteiger partial charge in [-0.15, -0.1) is 0 Å². The molecule has 120 valence electrons. The molecule has 3 aromatic rings. The largest absolute Gasteiger partial charge is 0.363 e. The van der Waals surface area contributed by atoms with Crippen LogP contribution >= 0.6 is 0 Å². The normalized spacial score (nSPS) is 13.2. The summed E-state index contributed by atoms with van der Waals surface area (Å²) in [7, 11) is 0. The van der Waals surface area contributed by atoms with Crippen LogP contribution in [0, 0.1) is 10.1 Å². The molecule has 2 aromatic carbocycles. The highest BCUT2D eigenvalue weighted by Crippen LogP contribution is 2.31. The Morgan fingerprint density at radius 3 is 2.38 bits per heavy atom. The maximum Gasteiger partial charge on any atom is 0.270 e. The fraction of sp³-hybridized carbons (Fsp3) is 0.125. The van der Waals surface area contributed by atoms with E-state index in [-0.39, 0.29) is 16.8 Å². The van der Waals surface area contributed by atoms with E-state index in [1.165, 1.54) is 6.07 Å². The maximum atomic E-state index is 11.9. The van der Waals surface area contributed by atoms with Crippen molar-refractivity contribution in [2.24, 2.45) is 0 Å². The van der Waals surface area contributed by atoms with E-state index in [0.29, 0.717) is 23.9 Å². The van der Waals surface area contributed by atoms with Crippen LogP contribution in [0.3, 0.4) is 0 Å². The average molecular weight is 324 g/mol. The van der Waals surface area contributed by atoms with Crippen molar-refractivity contribution in [3.63, 3.8) is 0 Å². The molecule has 0 amide bonds. The van der Waals surface area contributed by atoms with Gasteiger partial charge in [-0.05, 0) is 29.3 Å². The van der Waals surface area contributed by atoms with E-state index in [0.717, 1.165) is 16.8 Å². The molecule has 0 radical (unpaired) electrons. The molecule has 0 fully saturated rings. The maximum absolute atomic E-state index is 11.9. The van der Waals surface area contributed by atoms with Crippen molar-refractivity contribution in [1.29, 1.82) is 0 Å². The molecule has 24 heavy (non-hydrogen) atoms. The average Bonchev–Trinajstić information content (AvgIpc) is 3.01. The summed E-state index contributed by atoms with van der Waals surface area (Å²) in [5.41, 5.74) is 2.05. The fourth-order valence-corrected chi connectivity index (χ4v) is 3.04. The minimum absolute atomic E-state index is 0.0667. The van der Waals surface area contributed by atoms with E-state index < -0.39 is 4.92 Å². The van der Waals surface area contributed by atoms with Gasteiger partial charge in [0.05, 0.1) is 15.7 Å². The third kappa shape index (κ3) is 2.16. The van der Waals surface area contributed by atoms with Crippen LogP contribution in [-0.4, -0.2) is 15.1 Å². The molecule has 1 aliphatic rings. The SMILES string of the molecule is O=c1[nH][nH]c(=O)c2cc(N3Cc4ccc([N+](=O)[O-])cc4C3)ccc12. The van der Waals surface area contributed by atoms with Crippen molar-refractivity contribution in [3.8, 4) is 0 Å². The number of anilines is 1. The number of nitro benzene ring substituents is 1. The first kappa shape index (κ1) is 14.2. The summed E-state index contributed by atoms with van der Waals surface area (Å²) < 4.78 is 0. The molecule has 1 aromatic heterocycles. The first-order valence-corrected chi connectivity index (χ1v) is 7.29. The number of H-pyrrole nitrogens is 2. The Kier molecular flexibility index (Phi) is 2.99. The fourth-order valence-electron chi connectivity index (χ4n) is 3.04. The highest BCUT2D eigenvalue weighted by Gasteiger charge is 2.22. The van der Waals surface area contributed by atoms with Crippen LogP contribution in [-0.2, 0) is 13.1 Å². The Balaban J connectivity index is 1.74. The lowest BCUT2D eigenvalue weighted by Crippen LogP contribution is -2.20. The number of nitro groups is 1.